The average molecular weight is 249 g/mol. The number of halogens is 1. The SMILES string of the molecule is N#CCSCc1nc(-c2ccccc2F)no1. The zero-order valence-electron chi connectivity index (χ0n) is 8.76. The van der Waals surface area contributed by atoms with Crippen LogP contribution < -0.4 is 0 Å². The minimum absolute atomic E-state index is 0.232. The predicted molar refractivity (Wildman–Crippen MR) is 61.5 cm³/mol. The maximum Gasteiger partial charge on any atom is 0.236 e. The topological polar surface area (TPSA) is 62.7 Å². The summed E-state index contributed by atoms with van der Waals surface area (Å²) in [5.74, 6) is 1.05. The summed E-state index contributed by atoms with van der Waals surface area (Å²) in [7, 11) is 0. The van der Waals surface area contributed by atoms with Gasteiger partial charge in [-0.2, -0.15) is 10.2 Å². The Bertz CT molecular complexity index is 550. The van der Waals surface area contributed by atoms with Crippen molar-refractivity contribution in [3.63, 3.8) is 0 Å². The molecule has 6 heteroatoms. The molecule has 0 saturated heterocycles. The van der Waals surface area contributed by atoms with Gasteiger partial charge in [-0.1, -0.05) is 17.3 Å². The van der Waals surface area contributed by atoms with Gasteiger partial charge in [-0.3, -0.25) is 0 Å². The molecule has 0 bridgehead atoms. The van der Waals surface area contributed by atoms with Crippen molar-refractivity contribution in [2.24, 2.45) is 0 Å². The second-order valence-electron chi connectivity index (χ2n) is 3.14. The van der Waals surface area contributed by atoms with Gasteiger partial charge in [-0.05, 0) is 12.1 Å². The molecule has 1 heterocycles. The van der Waals surface area contributed by atoms with Crippen molar-refractivity contribution in [3.8, 4) is 17.5 Å². The van der Waals surface area contributed by atoms with Crippen molar-refractivity contribution in [2.45, 2.75) is 5.75 Å². The van der Waals surface area contributed by atoms with E-state index in [0.717, 1.165) is 0 Å². The first-order valence-electron chi connectivity index (χ1n) is 4.83. The number of benzene rings is 1. The van der Waals surface area contributed by atoms with E-state index in [1.807, 2.05) is 6.07 Å². The zero-order valence-corrected chi connectivity index (χ0v) is 9.58. The monoisotopic (exact) mass is 249 g/mol. The molecule has 0 saturated carbocycles. The van der Waals surface area contributed by atoms with Gasteiger partial charge in [0, 0.05) is 0 Å². The lowest BCUT2D eigenvalue weighted by molar-refractivity contribution is 0.391. The largest absolute Gasteiger partial charge is 0.338 e. The number of nitriles is 1. The van der Waals surface area contributed by atoms with Gasteiger partial charge >= 0.3 is 0 Å². The highest BCUT2D eigenvalue weighted by molar-refractivity contribution is 7.98. The maximum atomic E-state index is 13.4. The van der Waals surface area contributed by atoms with Crippen LogP contribution in [0.25, 0.3) is 11.4 Å². The fraction of sp³-hybridized carbons (Fsp3) is 0.182. The molecule has 0 aliphatic carbocycles. The quantitative estimate of drug-likeness (QED) is 0.779. The molecule has 0 aliphatic rings. The minimum Gasteiger partial charge on any atom is -0.338 e. The van der Waals surface area contributed by atoms with E-state index in [-0.39, 0.29) is 11.6 Å². The zero-order chi connectivity index (χ0) is 12.1. The fourth-order valence-corrected chi connectivity index (χ4v) is 1.73. The van der Waals surface area contributed by atoms with Gasteiger partial charge in [0.05, 0.1) is 23.1 Å². The predicted octanol–water partition coefficient (Wildman–Crippen LogP) is 2.63. The lowest BCUT2D eigenvalue weighted by atomic mass is 10.2. The van der Waals surface area contributed by atoms with Crippen molar-refractivity contribution in [2.75, 3.05) is 5.75 Å². The smallest absolute Gasteiger partial charge is 0.236 e. The van der Waals surface area contributed by atoms with Crippen LogP contribution in [-0.4, -0.2) is 15.9 Å². The molecule has 1 aromatic heterocycles. The maximum absolute atomic E-state index is 13.4. The molecule has 0 radical (unpaired) electrons. The number of rotatable bonds is 4. The first-order valence-corrected chi connectivity index (χ1v) is 5.99. The third-order valence-electron chi connectivity index (χ3n) is 1.97. The summed E-state index contributed by atoms with van der Waals surface area (Å²) in [5, 5.41) is 12.1. The van der Waals surface area contributed by atoms with Gasteiger partial charge < -0.3 is 4.52 Å². The Morgan fingerprint density at radius 3 is 3.00 bits per heavy atom. The minimum atomic E-state index is -0.385. The first-order chi connectivity index (χ1) is 8.31. The van der Waals surface area contributed by atoms with Crippen LogP contribution in [0.5, 0.6) is 0 Å². The molecule has 0 atom stereocenters. The molecule has 0 N–H and O–H groups in total. The fourth-order valence-electron chi connectivity index (χ4n) is 1.25. The van der Waals surface area contributed by atoms with Gasteiger partial charge in [-0.25, -0.2) is 4.39 Å². The van der Waals surface area contributed by atoms with Gasteiger partial charge in [0.1, 0.15) is 5.82 Å². The van der Waals surface area contributed by atoms with Crippen molar-refractivity contribution < 1.29 is 8.91 Å². The van der Waals surface area contributed by atoms with E-state index in [2.05, 4.69) is 10.1 Å². The third-order valence-corrected chi connectivity index (χ3v) is 2.76. The Balaban J connectivity index is 2.14. The Morgan fingerprint density at radius 2 is 2.24 bits per heavy atom. The van der Waals surface area contributed by atoms with Crippen LogP contribution in [0.2, 0.25) is 0 Å². The highest BCUT2D eigenvalue weighted by atomic mass is 32.2. The molecule has 17 heavy (non-hydrogen) atoms. The molecule has 1 aromatic carbocycles. The molecule has 2 aromatic rings. The summed E-state index contributed by atoms with van der Waals surface area (Å²) in [4.78, 5) is 4.07. The normalized spacial score (nSPS) is 10.1. The summed E-state index contributed by atoms with van der Waals surface area (Å²) < 4.78 is 18.4. The molecule has 0 unspecified atom stereocenters. The molecule has 0 fully saturated rings. The Labute approximate surface area is 101 Å². The number of thioether (sulfide) groups is 1. The van der Waals surface area contributed by atoms with Crippen LogP contribution >= 0.6 is 11.8 Å². The summed E-state index contributed by atoms with van der Waals surface area (Å²) in [6.45, 7) is 0. The van der Waals surface area contributed by atoms with Crippen molar-refractivity contribution in [1.29, 1.82) is 5.26 Å². The molecule has 0 amide bonds. The second kappa shape index (κ2) is 5.46. The van der Waals surface area contributed by atoms with Gasteiger partial charge in [-0.15, -0.1) is 11.8 Å². The van der Waals surface area contributed by atoms with E-state index in [9.17, 15) is 4.39 Å². The standard InChI is InChI=1S/C11H8FN3OS/c12-9-4-2-1-3-8(9)11-14-10(16-15-11)7-17-6-5-13/h1-4H,6-7H2. The van der Waals surface area contributed by atoms with E-state index < -0.39 is 0 Å². The summed E-state index contributed by atoms with van der Waals surface area (Å²) in [6.07, 6.45) is 0. The van der Waals surface area contributed by atoms with Crippen molar-refractivity contribution in [1.82, 2.24) is 10.1 Å². The second-order valence-corrected chi connectivity index (χ2v) is 4.13. The summed E-state index contributed by atoms with van der Waals surface area (Å²) in [5.41, 5.74) is 0.313. The van der Waals surface area contributed by atoms with E-state index in [0.29, 0.717) is 23.0 Å². The lowest BCUT2D eigenvalue weighted by Crippen LogP contribution is -1.86. The van der Waals surface area contributed by atoms with Crippen LogP contribution in [0.3, 0.4) is 0 Å². The molecule has 86 valence electrons. The average Bonchev–Trinajstić information content (AvgIpc) is 2.79. The third kappa shape index (κ3) is 2.82. The van der Waals surface area contributed by atoms with Crippen LogP contribution in [-0.2, 0) is 5.75 Å². The molecule has 0 spiro atoms. The summed E-state index contributed by atoms with van der Waals surface area (Å²) >= 11 is 1.37. The Hall–Kier alpha value is -1.87. The van der Waals surface area contributed by atoms with Crippen molar-refractivity contribution in [3.05, 3.63) is 36.0 Å². The number of hydrogen-bond acceptors (Lipinski definition) is 5. The lowest BCUT2D eigenvalue weighted by Gasteiger charge is -1.94. The number of nitrogens with zero attached hydrogens (tertiary/aromatic N) is 3. The van der Waals surface area contributed by atoms with Crippen LogP contribution in [0.4, 0.5) is 4.39 Å². The highest BCUT2D eigenvalue weighted by Crippen LogP contribution is 2.20. The van der Waals surface area contributed by atoms with Crippen LogP contribution in [0, 0.1) is 17.1 Å². The van der Waals surface area contributed by atoms with Crippen LogP contribution in [0.15, 0.2) is 28.8 Å². The van der Waals surface area contributed by atoms with E-state index in [1.54, 1.807) is 18.2 Å². The number of hydrogen-bond donors (Lipinski definition) is 0. The van der Waals surface area contributed by atoms with E-state index in [1.165, 1.54) is 17.8 Å². The van der Waals surface area contributed by atoms with E-state index >= 15 is 0 Å². The van der Waals surface area contributed by atoms with Gasteiger partial charge in [0.25, 0.3) is 0 Å². The molecule has 4 nitrogen and oxygen atoms in total. The molecular formula is C11H8FN3OS. The van der Waals surface area contributed by atoms with Crippen molar-refractivity contribution >= 4 is 11.8 Å². The van der Waals surface area contributed by atoms with E-state index in [4.69, 9.17) is 9.78 Å². The van der Waals surface area contributed by atoms with Gasteiger partial charge in [0.2, 0.25) is 11.7 Å². The van der Waals surface area contributed by atoms with Crippen LogP contribution in [0.1, 0.15) is 5.89 Å². The Morgan fingerprint density at radius 1 is 1.41 bits per heavy atom. The van der Waals surface area contributed by atoms with Gasteiger partial charge in [0.15, 0.2) is 0 Å². The highest BCUT2D eigenvalue weighted by Gasteiger charge is 2.11. The number of aromatic nitrogens is 2. The summed E-state index contributed by atoms with van der Waals surface area (Å²) in [6, 6.07) is 8.24. The molecule has 2 rings (SSSR count). The Kier molecular flexibility index (Phi) is 3.73. The first kappa shape index (κ1) is 11.6. The molecule has 0 aliphatic heterocycles. The molecular weight excluding hydrogens is 241 g/mol.